The maximum atomic E-state index is 11.4. The molecule has 0 spiro atoms. The van der Waals surface area contributed by atoms with E-state index in [2.05, 4.69) is 5.32 Å². The molecule has 0 saturated carbocycles. The van der Waals surface area contributed by atoms with E-state index in [4.69, 9.17) is 11.5 Å². The molecular formula is C13H19N3OS. The maximum Gasteiger partial charge on any atom is 0.234 e. The number of amides is 1. The zero-order valence-electron chi connectivity index (χ0n) is 10.7. The molecule has 0 aliphatic carbocycles. The molecule has 0 aromatic heterocycles. The van der Waals surface area contributed by atoms with E-state index in [0.29, 0.717) is 12.2 Å². The lowest BCUT2D eigenvalue weighted by atomic mass is 9.92. The zero-order valence-corrected chi connectivity index (χ0v) is 11.5. The Kier molecular flexibility index (Phi) is 3.66. The summed E-state index contributed by atoms with van der Waals surface area (Å²) in [5, 5.41) is 2.87. The van der Waals surface area contributed by atoms with Crippen LogP contribution in [-0.4, -0.2) is 17.2 Å². The average Bonchev–Trinajstić information content (AvgIpc) is 2.25. The third-order valence-corrected chi connectivity index (χ3v) is 3.88. The van der Waals surface area contributed by atoms with Gasteiger partial charge in [0.25, 0.3) is 0 Å². The first kappa shape index (κ1) is 13.4. The second-order valence-corrected chi connectivity index (χ2v) is 6.41. The summed E-state index contributed by atoms with van der Waals surface area (Å²) in [5.41, 5.74) is 13.7. The number of rotatable bonds is 3. The van der Waals surface area contributed by atoms with Crippen LogP contribution in [0.25, 0.3) is 0 Å². The van der Waals surface area contributed by atoms with E-state index in [1.807, 2.05) is 32.0 Å². The third kappa shape index (κ3) is 3.25. The normalized spacial score (nSPS) is 17.0. The molecule has 5 heteroatoms. The molecule has 1 aromatic rings. The van der Waals surface area contributed by atoms with E-state index in [9.17, 15) is 4.79 Å². The quantitative estimate of drug-likeness (QED) is 0.779. The predicted molar refractivity (Wildman–Crippen MR) is 75.6 cm³/mol. The fraction of sp³-hybridized carbons (Fsp3) is 0.462. The SMILES string of the molecule is CC(C)(N)CC(N)c1ccc2c(c1)NC(=O)CS2. The van der Waals surface area contributed by atoms with Crippen LogP contribution in [0.4, 0.5) is 5.69 Å². The number of nitrogens with two attached hydrogens (primary N) is 2. The van der Waals surface area contributed by atoms with E-state index >= 15 is 0 Å². The van der Waals surface area contributed by atoms with Gasteiger partial charge in [-0.15, -0.1) is 11.8 Å². The summed E-state index contributed by atoms with van der Waals surface area (Å²) in [7, 11) is 0. The van der Waals surface area contributed by atoms with Crippen LogP contribution < -0.4 is 16.8 Å². The molecule has 0 bridgehead atoms. The molecule has 4 nitrogen and oxygen atoms in total. The fourth-order valence-electron chi connectivity index (χ4n) is 2.02. The van der Waals surface area contributed by atoms with Gasteiger partial charge in [0.05, 0.1) is 11.4 Å². The topological polar surface area (TPSA) is 81.1 Å². The smallest absolute Gasteiger partial charge is 0.234 e. The van der Waals surface area contributed by atoms with Crippen LogP contribution in [0.15, 0.2) is 23.1 Å². The highest BCUT2D eigenvalue weighted by atomic mass is 32.2. The van der Waals surface area contributed by atoms with E-state index in [0.717, 1.165) is 16.1 Å². The van der Waals surface area contributed by atoms with Gasteiger partial charge in [-0.2, -0.15) is 0 Å². The lowest BCUT2D eigenvalue weighted by molar-refractivity contribution is -0.113. The molecule has 1 aromatic carbocycles. The number of hydrogen-bond acceptors (Lipinski definition) is 4. The Labute approximate surface area is 111 Å². The van der Waals surface area contributed by atoms with E-state index in [-0.39, 0.29) is 17.5 Å². The number of hydrogen-bond donors (Lipinski definition) is 3. The molecule has 1 unspecified atom stereocenters. The molecule has 1 heterocycles. The Bertz CT molecular complexity index is 468. The number of thioether (sulfide) groups is 1. The predicted octanol–water partition coefficient (Wildman–Crippen LogP) is 1.86. The van der Waals surface area contributed by atoms with Crippen LogP contribution in [-0.2, 0) is 4.79 Å². The number of anilines is 1. The number of nitrogens with one attached hydrogen (secondary N) is 1. The summed E-state index contributed by atoms with van der Waals surface area (Å²) >= 11 is 1.55. The van der Waals surface area contributed by atoms with Gasteiger partial charge >= 0.3 is 0 Å². The average molecular weight is 265 g/mol. The molecule has 2 rings (SSSR count). The van der Waals surface area contributed by atoms with Crippen LogP contribution >= 0.6 is 11.8 Å². The van der Waals surface area contributed by atoms with Gasteiger partial charge in [0, 0.05) is 16.5 Å². The van der Waals surface area contributed by atoms with E-state index in [1.54, 1.807) is 11.8 Å². The first-order chi connectivity index (χ1) is 8.35. The Morgan fingerprint density at radius 2 is 2.22 bits per heavy atom. The number of carbonyl (C=O) groups is 1. The minimum atomic E-state index is -0.298. The standard InChI is InChI=1S/C13H19N3OS/c1-13(2,15)6-9(14)8-3-4-11-10(5-8)16-12(17)7-18-11/h3-5,9H,6-7,14-15H2,1-2H3,(H,16,17). The Morgan fingerprint density at radius 1 is 1.50 bits per heavy atom. The van der Waals surface area contributed by atoms with E-state index in [1.165, 1.54) is 0 Å². The van der Waals surface area contributed by atoms with Crippen molar-refractivity contribution in [2.75, 3.05) is 11.1 Å². The van der Waals surface area contributed by atoms with Crippen LogP contribution in [0, 0.1) is 0 Å². The summed E-state index contributed by atoms with van der Waals surface area (Å²) in [6.07, 6.45) is 0.701. The van der Waals surface area contributed by atoms with Crippen LogP contribution in [0.1, 0.15) is 31.9 Å². The molecule has 1 amide bonds. The molecule has 98 valence electrons. The first-order valence-electron chi connectivity index (χ1n) is 5.96. The lowest BCUT2D eigenvalue weighted by Crippen LogP contribution is -2.35. The van der Waals surface area contributed by atoms with Crippen molar-refractivity contribution >= 4 is 23.4 Å². The molecule has 1 aliphatic rings. The Hall–Kier alpha value is -1.04. The largest absolute Gasteiger partial charge is 0.325 e. The van der Waals surface area contributed by atoms with Crippen molar-refractivity contribution in [3.63, 3.8) is 0 Å². The van der Waals surface area contributed by atoms with Crippen molar-refractivity contribution in [3.8, 4) is 0 Å². The number of benzene rings is 1. The van der Waals surface area contributed by atoms with E-state index < -0.39 is 0 Å². The van der Waals surface area contributed by atoms with Crippen LogP contribution in [0.2, 0.25) is 0 Å². The van der Waals surface area contributed by atoms with Crippen molar-refractivity contribution < 1.29 is 4.79 Å². The van der Waals surface area contributed by atoms with Gasteiger partial charge in [-0.3, -0.25) is 4.79 Å². The van der Waals surface area contributed by atoms with Gasteiger partial charge in [-0.25, -0.2) is 0 Å². The molecular weight excluding hydrogens is 246 g/mol. The molecule has 0 saturated heterocycles. The van der Waals surface area contributed by atoms with Crippen LogP contribution in [0.5, 0.6) is 0 Å². The van der Waals surface area contributed by atoms with Gasteiger partial charge in [-0.05, 0) is 38.0 Å². The fourth-order valence-corrected chi connectivity index (χ4v) is 2.80. The van der Waals surface area contributed by atoms with Gasteiger partial charge in [-0.1, -0.05) is 6.07 Å². The minimum Gasteiger partial charge on any atom is -0.325 e. The zero-order chi connectivity index (χ0) is 13.3. The number of fused-ring (bicyclic) bond motifs is 1. The maximum absolute atomic E-state index is 11.4. The highest BCUT2D eigenvalue weighted by Crippen LogP contribution is 2.34. The summed E-state index contributed by atoms with van der Waals surface area (Å²) in [4.78, 5) is 12.4. The highest BCUT2D eigenvalue weighted by molar-refractivity contribution is 8.00. The van der Waals surface area contributed by atoms with Crippen LogP contribution in [0.3, 0.4) is 0 Å². The van der Waals surface area contributed by atoms with Gasteiger partial charge in [0.1, 0.15) is 0 Å². The van der Waals surface area contributed by atoms with Crippen molar-refractivity contribution in [1.82, 2.24) is 0 Å². The Morgan fingerprint density at radius 3 is 2.89 bits per heavy atom. The molecule has 1 atom stereocenters. The van der Waals surface area contributed by atoms with Crippen molar-refractivity contribution in [3.05, 3.63) is 23.8 Å². The third-order valence-electron chi connectivity index (χ3n) is 2.81. The van der Waals surface area contributed by atoms with Gasteiger partial charge in [0.15, 0.2) is 0 Å². The molecule has 5 N–H and O–H groups in total. The first-order valence-corrected chi connectivity index (χ1v) is 6.95. The summed E-state index contributed by atoms with van der Waals surface area (Å²) < 4.78 is 0. The number of carbonyl (C=O) groups excluding carboxylic acids is 1. The molecule has 1 aliphatic heterocycles. The van der Waals surface area contributed by atoms with Crippen molar-refractivity contribution in [1.29, 1.82) is 0 Å². The Balaban J connectivity index is 2.20. The lowest BCUT2D eigenvalue weighted by Gasteiger charge is -2.25. The second-order valence-electron chi connectivity index (χ2n) is 5.39. The minimum absolute atomic E-state index is 0.0392. The summed E-state index contributed by atoms with van der Waals surface area (Å²) in [6, 6.07) is 5.87. The molecule has 0 fully saturated rings. The second kappa shape index (κ2) is 4.91. The summed E-state index contributed by atoms with van der Waals surface area (Å²) in [6.45, 7) is 3.92. The molecule has 18 heavy (non-hydrogen) atoms. The monoisotopic (exact) mass is 265 g/mol. The molecule has 0 radical (unpaired) electrons. The highest BCUT2D eigenvalue weighted by Gasteiger charge is 2.20. The summed E-state index contributed by atoms with van der Waals surface area (Å²) in [5.74, 6) is 0.520. The van der Waals surface area contributed by atoms with Gasteiger partial charge < -0.3 is 16.8 Å². The van der Waals surface area contributed by atoms with Crippen molar-refractivity contribution in [2.45, 2.75) is 36.7 Å². The van der Waals surface area contributed by atoms with Gasteiger partial charge in [0.2, 0.25) is 5.91 Å². The van der Waals surface area contributed by atoms with Crippen molar-refractivity contribution in [2.24, 2.45) is 11.5 Å².